The van der Waals surface area contributed by atoms with Gasteiger partial charge in [-0.1, -0.05) is 19.8 Å². The minimum atomic E-state index is 0.842. The quantitative estimate of drug-likeness (QED) is 0.592. The van der Waals surface area contributed by atoms with E-state index in [1.807, 2.05) is 11.8 Å². The van der Waals surface area contributed by atoms with Gasteiger partial charge in [0.2, 0.25) is 0 Å². The van der Waals surface area contributed by atoms with Gasteiger partial charge in [0.05, 0.1) is 0 Å². The first-order valence-corrected chi connectivity index (χ1v) is 7.50. The second kappa shape index (κ2) is 7.58. The Morgan fingerprint density at radius 3 is 2.64 bits per heavy atom. The van der Waals surface area contributed by atoms with Gasteiger partial charge < -0.3 is 5.32 Å². The van der Waals surface area contributed by atoms with E-state index >= 15 is 0 Å². The predicted molar refractivity (Wildman–Crippen MR) is 67.0 cm³/mol. The van der Waals surface area contributed by atoms with Crippen LogP contribution in [-0.2, 0) is 0 Å². The molecule has 0 radical (unpaired) electrons. The van der Waals surface area contributed by atoms with Crippen molar-refractivity contribution < 1.29 is 0 Å². The molecule has 0 spiro atoms. The number of hydrogen-bond donors (Lipinski definition) is 1. The van der Waals surface area contributed by atoms with Crippen LogP contribution in [0, 0.1) is 5.92 Å². The molecule has 0 aromatic carbocycles. The highest BCUT2D eigenvalue weighted by Crippen LogP contribution is 2.34. The number of nitrogens with one attached hydrogen (secondary N) is 1. The molecule has 1 aliphatic carbocycles. The Balaban J connectivity index is 1.96. The Morgan fingerprint density at radius 1 is 1.29 bits per heavy atom. The van der Waals surface area contributed by atoms with Gasteiger partial charge >= 0.3 is 0 Å². The standard InChI is InChI=1S/C12H25NS/c1-3-13-12(11-8-9-11)7-5-4-6-10-14-2/h11-13H,3-10H2,1-2H3. The van der Waals surface area contributed by atoms with Crippen molar-refractivity contribution in [3.05, 3.63) is 0 Å². The molecular weight excluding hydrogens is 190 g/mol. The van der Waals surface area contributed by atoms with E-state index in [-0.39, 0.29) is 0 Å². The summed E-state index contributed by atoms with van der Waals surface area (Å²) in [6, 6.07) is 0.842. The molecule has 0 heterocycles. The van der Waals surface area contributed by atoms with E-state index in [0.717, 1.165) is 18.5 Å². The summed E-state index contributed by atoms with van der Waals surface area (Å²) in [4.78, 5) is 0. The summed E-state index contributed by atoms with van der Waals surface area (Å²) in [6.07, 6.45) is 10.8. The maximum absolute atomic E-state index is 3.63. The van der Waals surface area contributed by atoms with Crippen LogP contribution in [0.1, 0.15) is 45.4 Å². The Morgan fingerprint density at radius 2 is 2.07 bits per heavy atom. The van der Waals surface area contributed by atoms with Crippen molar-refractivity contribution >= 4 is 11.8 Å². The van der Waals surface area contributed by atoms with E-state index in [9.17, 15) is 0 Å². The minimum absolute atomic E-state index is 0.842. The summed E-state index contributed by atoms with van der Waals surface area (Å²) >= 11 is 1.97. The molecule has 84 valence electrons. The van der Waals surface area contributed by atoms with Crippen LogP contribution < -0.4 is 5.32 Å². The summed E-state index contributed by atoms with van der Waals surface area (Å²) in [6.45, 7) is 3.37. The van der Waals surface area contributed by atoms with Crippen molar-refractivity contribution in [2.75, 3.05) is 18.6 Å². The fraction of sp³-hybridized carbons (Fsp3) is 1.00. The van der Waals surface area contributed by atoms with Gasteiger partial charge in [-0.15, -0.1) is 0 Å². The molecule has 1 fully saturated rings. The lowest BCUT2D eigenvalue weighted by atomic mass is 10.0. The first-order valence-electron chi connectivity index (χ1n) is 6.10. The number of unbranched alkanes of at least 4 members (excludes halogenated alkanes) is 2. The van der Waals surface area contributed by atoms with Crippen LogP contribution in [0.4, 0.5) is 0 Å². The summed E-state index contributed by atoms with van der Waals surface area (Å²) in [7, 11) is 0. The molecule has 1 unspecified atom stereocenters. The zero-order valence-electron chi connectivity index (χ0n) is 9.72. The summed E-state index contributed by atoms with van der Waals surface area (Å²) < 4.78 is 0. The highest BCUT2D eigenvalue weighted by Gasteiger charge is 2.29. The van der Waals surface area contributed by atoms with E-state index in [2.05, 4.69) is 18.5 Å². The molecule has 1 atom stereocenters. The van der Waals surface area contributed by atoms with Crippen LogP contribution >= 0.6 is 11.8 Å². The first kappa shape index (κ1) is 12.4. The van der Waals surface area contributed by atoms with Gasteiger partial charge in [0.1, 0.15) is 0 Å². The lowest BCUT2D eigenvalue weighted by Gasteiger charge is -2.16. The van der Waals surface area contributed by atoms with Gasteiger partial charge in [0, 0.05) is 6.04 Å². The molecule has 2 heteroatoms. The summed E-state index contributed by atoms with van der Waals surface area (Å²) in [5, 5.41) is 3.63. The van der Waals surface area contributed by atoms with Crippen LogP contribution in [0.15, 0.2) is 0 Å². The topological polar surface area (TPSA) is 12.0 Å². The highest BCUT2D eigenvalue weighted by atomic mass is 32.2. The Bertz CT molecular complexity index is 134. The normalized spacial score (nSPS) is 18.4. The van der Waals surface area contributed by atoms with Gasteiger partial charge in [-0.3, -0.25) is 0 Å². The molecule has 0 amide bonds. The van der Waals surface area contributed by atoms with Crippen molar-refractivity contribution in [2.24, 2.45) is 5.92 Å². The molecule has 1 rings (SSSR count). The highest BCUT2D eigenvalue weighted by molar-refractivity contribution is 7.98. The number of thioether (sulfide) groups is 1. The zero-order valence-corrected chi connectivity index (χ0v) is 10.5. The molecule has 1 N–H and O–H groups in total. The fourth-order valence-electron chi connectivity index (χ4n) is 2.05. The third kappa shape index (κ3) is 5.26. The Labute approximate surface area is 93.4 Å². The van der Waals surface area contributed by atoms with Gasteiger partial charge in [0.25, 0.3) is 0 Å². The molecule has 14 heavy (non-hydrogen) atoms. The Hall–Kier alpha value is 0.310. The van der Waals surface area contributed by atoms with Crippen molar-refractivity contribution in [3.63, 3.8) is 0 Å². The monoisotopic (exact) mass is 215 g/mol. The smallest absolute Gasteiger partial charge is 0.00952 e. The largest absolute Gasteiger partial charge is 0.314 e. The van der Waals surface area contributed by atoms with E-state index in [1.165, 1.54) is 44.3 Å². The van der Waals surface area contributed by atoms with Gasteiger partial charge in [-0.05, 0) is 50.2 Å². The molecule has 0 aliphatic heterocycles. The van der Waals surface area contributed by atoms with E-state index in [0.29, 0.717) is 0 Å². The fourth-order valence-corrected chi connectivity index (χ4v) is 2.55. The summed E-state index contributed by atoms with van der Waals surface area (Å²) in [5.74, 6) is 2.37. The second-order valence-electron chi connectivity index (χ2n) is 4.34. The maximum Gasteiger partial charge on any atom is 0.00952 e. The molecule has 0 aromatic heterocycles. The SMILES string of the molecule is CCNC(CCCCCSC)C1CC1. The van der Waals surface area contributed by atoms with Crippen molar-refractivity contribution in [1.82, 2.24) is 5.32 Å². The Kier molecular flexibility index (Phi) is 6.70. The lowest BCUT2D eigenvalue weighted by molar-refractivity contribution is 0.428. The maximum atomic E-state index is 3.63. The minimum Gasteiger partial charge on any atom is -0.314 e. The molecule has 0 bridgehead atoms. The molecule has 0 aromatic rings. The van der Waals surface area contributed by atoms with Gasteiger partial charge in [-0.2, -0.15) is 11.8 Å². The average Bonchev–Trinajstić information content (AvgIpc) is 2.99. The predicted octanol–water partition coefficient (Wildman–Crippen LogP) is 3.30. The second-order valence-corrected chi connectivity index (χ2v) is 5.33. The van der Waals surface area contributed by atoms with Crippen LogP contribution in [0.5, 0.6) is 0 Å². The van der Waals surface area contributed by atoms with Gasteiger partial charge in [0.15, 0.2) is 0 Å². The molecule has 1 saturated carbocycles. The number of rotatable bonds is 9. The van der Waals surface area contributed by atoms with E-state index in [1.54, 1.807) is 0 Å². The zero-order chi connectivity index (χ0) is 10.2. The number of hydrogen-bond acceptors (Lipinski definition) is 2. The van der Waals surface area contributed by atoms with Crippen molar-refractivity contribution in [3.8, 4) is 0 Å². The molecule has 0 saturated heterocycles. The molecule has 1 aliphatic rings. The average molecular weight is 215 g/mol. The third-order valence-electron chi connectivity index (χ3n) is 3.02. The molecular formula is C12H25NS. The van der Waals surface area contributed by atoms with E-state index < -0.39 is 0 Å². The lowest BCUT2D eigenvalue weighted by Crippen LogP contribution is -2.30. The van der Waals surface area contributed by atoms with Crippen LogP contribution in [-0.4, -0.2) is 24.6 Å². The van der Waals surface area contributed by atoms with E-state index in [4.69, 9.17) is 0 Å². The van der Waals surface area contributed by atoms with Gasteiger partial charge in [-0.25, -0.2) is 0 Å². The van der Waals surface area contributed by atoms with Crippen molar-refractivity contribution in [1.29, 1.82) is 0 Å². The third-order valence-corrected chi connectivity index (χ3v) is 3.72. The van der Waals surface area contributed by atoms with Crippen LogP contribution in [0.2, 0.25) is 0 Å². The molecule has 1 nitrogen and oxygen atoms in total. The van der Waals surface area contributed by atoms with Crippen LogP contribution in [0.3, 0.4) is 0 Å². The summed E-state index contributed by atoms with van der Waals surface area (Å²) in [5.41, 5.74) is 0. The van der Waals surface area contributed by atoms with Crippen molar-refractivity contribution in [2.45, 2.75) is 51.5 Å². The first-order chi connectivity index (χ1) is 6.88. The van der Waals surface area contributed by atoms with Crippen LogP contribution in [0.25, 0.3) is 0 Å².